The molecule has 19 heavy (non-hydrogen) atoms. The van der Waals surface area contributed by atoms with Crippen LogP contribution in [0.4, 0.5) is 0 Å². The summed E-state index contributed by atoms with van der Waals surface area (Å²) < 4.78 is 5.69. The number of nitrogens with one attached hydrogen (secondary N) is 1. The minimum absolute atomic E-state index is 0.0996. The zero-order valence-corrected chi connectivity index (χ0v) is 11.8. The number of hydrogen-bond acceptors (Lipinski definition) is 4. The molecule has 0 bridgehead atoms. The summed E-state index contributed by atoms with van der Waals surface area (Å²) in [5, 5.41) is 12.8. The van der Waals surface area contributed by atoms with E-state index in [0.717, 1.165) is 51.9 Å². The van der Waals surface area contributed by atoms with Crippen LogP contribution >= 0.6 is 0 Å². The van der Waals surface area contributed by atoms with Crippen molar-refractivity contribution in [3.8, 4) is 0 Å². The van der Waals surface area contributed by atoms with E-state index >= 15 is 0 Å². The summed E-state index contributed by atoms with van der Waals surface area (Å²) in [6, 6.07) is 0. The van der Waals surface area contributed by atoms with E-state index in [1.807, 2.05) is 11.8 Å². The first kappa shape index (κ1) is 14.8. The topological polar surface area (TPSA) is 61.8 Å². The molecule has 5 nitrogen and oxygen atoms in total. The monoisotopic (exact) mass is 270 g/mol. The number of ether oxygens (including phenoxy) is 1. The lowest BCUT2D eigenvalue weighted by Gasteiger charge is -2.33. The van der Waals surface area contributed by atoms with E-state index in [1.165, 1.54) is 0 Å². The van der Waals surface area contributed by atoms with Gasteiger partial charge in [-0.2, -0.15) is 0 Å². The van der Waals surface area contributed by atoms with Crippen LogP contribution in [0.3, 0.4) is 0 Å². The van der Waals surface area contributed by atoms with Crippen molar-refractivity contribution < 1.29 is 14.6 Å². The molecule has 2 heterocycles. The van der Waals surface area contributed by atoms with Gasteiger partial charge in [-0.3, -0.25) is 4.79 Å². The molecule has 110 valence electrons. The number of aliphatic hydroxyl groups is 1. The minimum Gasteiger partial charge on any atom is -0.393 e. The Labute approximate surface area is 115 Å². The van der Waals surface area contributed by atoms with Crippen molar-refractivity contribution in [3.63, 3.8) is 0 Å². The third-order valence-electron chi connectivity index (χ3n) is 4.30. The highest BCUT2D eigenvalue weighted by Gasteiger charge is 2.26. The zero-order chi connectivity index (χ0) is 13.7. The van der Waals surface area contributed by atoms with Crippen molar-refractivity contribution in [3.05, 3.63) is 0 Å². The zero-order valence-electron chi connectivity index (χ0n) is 11.8. The van der Waals surface area contributed by atoms with Crippen LogP contribution in [0.5, 0.6) is 0 Å². The number of aliphatic hydroxyl groups excluding tert-OH is 1. The molecule has 1 atom stereocenters. The van der Waals surface area contributed by atoms with Crippen LogP contribution in [-0.4, -0.2) is 60.9 Å². The molecule has 0 aliphatic carbocycles. The molecule has 0 saturated carbocycles. The highest BCUT2D eigenvalue weighted by Crippen LogP contribution is 2.20. The second kappa shape index (κ2) is 7.22. The summed E-state index contributed by atoms with van der Waals surface area (Å²) in [6.07, 6.45) is 3.77. The second-order valence-electron chi connectivity index (χ2n) is 5.72. The molecule has 0 aromatic rings. The summed E-state index contributed by atoms with van der Waals surface area (Å²) in [5.41, 5.74) is 0. The van der Waals surface area contributed by atoms with Gasteiger partial charge < -0.3 is 20.1 Å². The molecule has 0 aromatic heterocycles. The van der Waals surface area contributed by atoms with Gasteiger partial charge in [0.05, 0.1) is 12.2 Å². The van der Waals surface area contributed by atoms with E-state index in [0.29, 0.717) is 5.92 Å². The van der Waals surface area contributed by atoms with Gasteiger partial charge in [0.25, 0.3) is 0 Å². The molecule has 0 spiro atoms. The molecule has 1 unspecified atom stereocenters. The maximum Gasteiger partial charge on any atom is 0.248 e. The number of piperidine rings is 2. The number of amides is 1. The smallest absolute Gasteiger partial charge is 0.248 e. The third kappa shape index (κ3) is 4.44. The average molecular weight is 270 g/mol. The number of likely N-dealkylation sites (tertiary alicyclic amines) is 1. The van der Waals surface area contributed by atoms with Gasteiger partial charge >= 0.3 is 0 Å². The standard InChI is InChI=1S/C14H26N2O3/c1-11(17)12-4-8-16(9-5-12)14(18)10-19-13-2-6-15-7-3-13/h11-13,15,17H,2-10H2,1H3. The lowest BCUT2D eigenvalue weighted by molar-refractivity contribution is -0.140. The first-order valence-corrected chi connectivity index (χ1v) is 7.45. The van der Waals surface area contributed by atoms with Crippen LogP contribution in [0.2, 0.25) is 0 Å². The molecule has 0 radical (unpaired) electrons. The molecule has 1 amide bonds. The Morgan fingerprint density at radius 2 is 1.95 bits per heavy atom. The second-order valence-corrected chi connectivity index (χ2v) is 5.72. The highest BCUT2D eigenvalue weighted by molar-refractivity contribution is 5.77. The van der Waals surface area contributed by atoms with Crippen LogP contribution in [0.1, 0.15) is 32.6 Å². The fourth-order valence-corrected chi connectivity index (χ4v) is 2.87. The Balaban J connectivity index is 1.66. The van der Waals surface area contributed by atoms with Gasteiger partial charge in [-0.15, -0.1) is 0 Å². The fraction of sp³-hybridized carbons (Fsp3) is 0.929. The Bertz CT molecular complexity index is 282. The molecular weight excluding hydrogens is 244 g/mol. The SMILES string of the molecule is CC(O)C1CCN(C(=O)COC2CCNCC2)CC1. The Morgan fingerprint density at radius 1 is 1.32 bits per heavy atom. The normalized spacial score (nSPS) is 24.4. The maximum atomic E-state index is 12.0. The minimum atomic E-state index is -0.261. The summed E-state index contributed by atoms with van der Waals surface area (Å²) >= 11 is 0. The molecule has 0 aromatic carbocycles. The number of carbonyl (C=O) groups is 1. The lowest BCUT2D eigenvalue weighted by Crippen LogP contribution is -2.43. The van der Waals surface area contributed by atoms with Crippen molar-refractivity contribution in [1.29, 1.82) is 0 Å². The van der Waals surface area contributed by atoms with Gasteiger partial charge in [0, 0.05) is 13.1 Å². The molecular formula is C14H26N2O3. The summed E-state index contributed by atoms with van der Waals surface area (Å²) in [4.78, 5) is 13.9. The number of rotatable bonds is 4. The van der Waals surface area contributed by atoms with Gasteiger partial charge in [0.1, 0.15) is 6.61 Å². The van der Waals surface area contributed by atoms with Crippen molar-refractivity contribution in [2.24, 2.45) is 5.92 Å². The van der Waals surface area contributed by atoms with E-state index in [-0.39, 0.29) is 24.7 Å². The Kier molecular flexibility index (Phi) is 5.60. The summed E-state index contributed by atoms with van der Waals surface area (Å²) in [7, 11) is 0. The molecule has 2 saturated heterocycles. The van der Waals surface area contributed by atoms with Gasteiger partial charge in [-0.05, 0) is 51.6 Å². The quantitative estimate of drug-likeness (QED) is 0.775. The molecule has 2 N–H and O–H groups in total. The molecule has 2 aliphatic heterocycles. The van der Waals surface area contributed by atoms with Crippen LogP contribution in [-0.2, 0) is 9.53 Å². The summed E-state index contributed by atoms with van der Waals surface area (Å²) in [5.74, 6) is 0.442. The highest BCUT2D eigenvalue weighted by atomic mass is 16.5. The maximum absolute atomic E-state index is 12.0. The number of carbonyl (C=O) groups excluding carboxylic acids is 1. The molecule has 2 aliphatic rings. The van der Waals surface area contributed by atoms with E-state index in [9.17, 15) is 9.90 Å². The third-order valence-corrected chi connectivity index (χ3v) is 4.30. The van der Waals surface area contributed by atoms with E-state index in [1.54, 1.807) is 0 Å². The number of nitrogens with zero attached hydrogens (tertiary/aromatic N) is 1. The van der Waals surface area contributed by atoms with E-state index in [4.69, 9.17) is 4.74 Å². The van der Waals surface area contributed by atoms with E-state index < -0.39 is 0 Å². The first-order valence-electron chi connectivity index (χ1n) is 7.45. The molecule has 2 fully saturated rings. The molecule has 5 heteroatoms. The number of hydrogen-bond donors (Lipinski definition) is 2. The predicted molar refractivity (Wildman–Crippen MR) is 72.8 cm³/mol. The first-order chi connectivity index (χ1) is 9.16. The molecule has 2 rings (SSSR count). The van der Waals surface area contributed by atoms with Gasteiger partial charge in [-0.1, -0.05) is 0 Å². The fourth-order valence-electron chi connectivity index (χ4n) is 2.87. The average Bonchev–Trinajstić information content (AvgIpc) is 2.46. The Morgan fingerprint density at radius 3 is 2.53 bits per heavy atom. The predicted octanol–water partition coefficient (Wildman–Crippen LogP) is 0.374. The van der Waals surface area contributed by atoms with E-state index in [2.05, 4.69) is 5.32 Å². The lowest BCUT2D eigenvalue weighted by atomic mass is 9.92. The Hall–Kier alpha value is -0.650. The van der Waals surface area contributed by atoms with Crippen LogP contribution < -0.4 is 5.32 Å². The van der Waals surface area contributed by atoms with Crippen molar-refractivity contribution in [2.45, 2.75) is 44.8 Å². The van der Waals surface area contributed by atoms with Gasteiger partial charge in [0.15, 0.2) is 0 Å². The van der Waals surface area contributed by atoms with Crippen molar-refractivity contribution in [2.75, 3.05) is 32.8 Å². The van der Waals surface area contributed by atoms with Crippen molar-refractivity contribution >= 4 is 5.91 Å². The van der Waals surface area contributed by atoms with Gasteiger partial charge in [-0.25, -0.2) is 0 Å². The van der Waals surface area contributed by atoms with Crippen LogP contribution in [0.15, 0.2) is 0 Å². The summed E-state index contributed by atoms with van der Waals surface area (Å²) in [6.45, 7) is 5.53. The van der Waals surface area contributed by atoms with Crippen molar-refractivity contribution in [1.82, 2.24) is 10.2 Å². The van der Waals surface area contributed by atoms with Crippen LogP contribution in [0.25, 0.3) is 0 Å². The van der Waals surface area contributed by atoms with Crippen LogP contribution in [0, 0.1) is 5.92 Å². The largest absolute Gasteiger partial charge is 0.393 e. The van der Waals surface area contributed by atoms with Gasteiger partial charge in [0.2, 0.25) is 5.91 Å².